The normalized spacial score (nSPS) is 14.8. The molecular formula is C30H25F2N7O. The number of aliphatic hydroxyl groups is 1. The molecule has 4 aromatic heterocycles. The van der Waals surface area contributed by atoms with Crippen molar-refractivity contribution < 1.29 is 13.9 Å². The Labute approximate surface area is 227 Å². The van der Waals surface area contributed by atoms with E-state index in [4.69, 9.17) is 4.98 Å². The van der Waals surface area contributed by atoms with Crippen molar-refractivity contribution in [2.24, 2.45) is 5.92 Å². The summed E-state index contributed by atoms with van der Waals surface area (Å²) in [5, 5.41) is 21.4. The maximum atomic E-state index is 15.3. The number of nitrogens with one attached hydrogen (secondary N) is 3. The summed E-state index contributed by atoms with van der Waals surface area (Å²) >= 11 is 0. The molecule has 0 amide bonds. The molecule has 0 radical (unpaired) electrons. The molecule has 10 heteroatoms. The van der Waals surface area contributed by atoms with E-state index in [1.807, 2.05) is 12.1 Å². The van der Waals surface area contributed by atoms with Crippen molar-refractivity contribution >= 4 is 27.8 Å². The van der Waals surface area contributed by atoms with Crippen LogP contribution in [0, 0.1) is 17.6 Å². The number of aromatic amines is 2. The van der Waals surface area contributed by atoms with Gasteiger partial charge in [0.1, 0.15) is 34.6 Å². The largest absolute Gasteiger partial charge is 0.374 e. The second kappa shape index (κ2) is 9.80. The molecule has 0 spiro atoms. The maximum Gasteiger partial charge on any atom is 0.160 e. The Hall–Kier alpha value is -4.70. The van der Waals surface area contributed by atoms with Gasteiger partial charge in [0, 0.05) is 40.4 Å². The summed E-state index contributed by atoms with van der Waals surface area (Å²) in [6.45, 7) is 0. The van der Waals surface area contributed by atoms with Crippen LogP contribution in [0.4, 0.5) is 14.5 Å². The summed E-state index contributed by atoms with van der Waals surface area (Å²) in [5.74, 6) is -0.250. The van der Waals surface area contributed by atoms with E-state index in [0.717, 1.165) is 25.7 Å². The number of imidazole rings is 1. The van der Waals surface area contributed by atoms with Crippen molar-refractivity contribution in [3.63, 3.8) is 0 Å². The highest BCUT2D eigenvalue weighted by molar-refractivity contribution is 5.97. The Morgan fingerprint density at radius 3 is 2.65 bits per heavy atom. The van der Waals surface area contributed by atoms with E-state index in [2.05, 4.69) is 30.5 Å². The smallest absolute Gasteiger partial charge is 0.160 e. The Bertz CT molecular complexity index is 1860. The van der Waals surface area contributed by atoms with Crippen LogP contribution in [0.2, 0.25) is 0 Å². The third-order valence-electron chi connectivity index (χ3n) is 7.63. The number of benzene rings is 2. The number of fused-ring (bicyclic) bond motifs is 2. The van der Waals surface area contributed by atoms with E-state index in [-0.39, 0.29) is 17.3 Å². The Kier molecular flexibility index (Phi) is 5.96. The maximum absolute atomic E-state index is 15.3. The molecule has 1 unspecified atom stereocenters. The minimum Gasteiger partial charge on any atom is -0.374 e. The minimum atomic E-state index is -0.657. The molecule has 0 bridgehead atoms. The van der Waals surface area contributed by atoms with Gasteiger partial charge in [-0.3, -0.25) is 10.1 Å². The molecule has 4 heterocycles. The highest BCUT2D eigenvalue weighted by atomic mass is 19.1. The fourth-order valence-corrected chi connectivity index (χ4v) is 5.58. The fourth-order valence-electron chi connectivity index (χ4n) is 5.58. The number of aliphatic hydroxyl groups excluding tert-OH is 1. The molecule has 8 nitrogen and oxygen atoms in total. The van der Waals surface area contributed by atoms with E-state index in [1.165, 1.54) is 12.1 Å². The Balaban J connectivity index is 1.28. The molecule has 0 aliphatic heterocycles. The van der Waals surface area contributed by atoms with Crippen LogP contribution < -0.4 is 5.32 Å². The highest BCUT2D eigenvalue weighted by Gasteiger charge is 2.23. The van der Waals surface area contributed by atoms with Gasteiger partial charge in [-0.2, -0.15) is 5.10 Å². The zero-order valence-electron chi connectivity index (χ0n) is 21.3. The van der Waals surface area contributed by atoms with Crippen LogP contribution in [0.5, 0.6) is 0 Å². The average molecular weight is 538 g/mol. The monoisotopic (exact) mass is 537 g/mol. The molecule has 1 aliphatic carbocycles. The summed E-state index contributed by atoms with van der Waals surface area (Å²) in [6.07, 6.45) is 8.46. The highest BCUT2D eigenvalue weighted by Crippen LogP contribution is 2.35. The van der Waals surface area contributed by atoms with Crippen LogP contribution in [0.15, 0.2) is 67.1 Å². The lowest BCUT2D eigenvalue weighted by Crippen LogP contribution is -2.26. The van der Waals surface area contributed by atoms with Gasteiger partial charge in [-0.1, -0.05) is 31.0 Å². The predicted octanol–water partition coefficient (Wildman–Crippen LogP) is 6.43. The molecule has 7 rings (SSSR count). The fraction of sp³-hybridized carbons (Fsp3) is 0.200. The number of hydrogen-bond acceptors (Lipinski definition) is 6. The van der Waals surface area contributed by atoms with Crippen molar-refractivity contribution in [3.05, 3.63) is 78.8 Å². The van der Waals surface area contributed by atoms with Crippen molar-refractivity contribution in [2.45, 2.75) is 31.9 Å². The van der Waals surface area contributed by atoms with Gasteiger partial charge < -0.3 is 15.4 Å². The lowest BCUT2D eigenvalue weighted by atomic mass is 10.0. The molecule has 1 aliphatic rings. The van der Waals surface area contributed by atoms with Crippen LogP contribution in [0.1, 0.15) is 25.7 Å². The van der Waals surface area contributed by atoms with Crippen LogP contribution in [-0.4, -0.2) is 41.5 Å². The summed E-state index contributed by atoms with van der Waals surface area (Å²) < 4.78 is 29.9. The predicted molar refractivity (Wildman–Crippen MR) is 149 cm³/mol. The summed E-state index contributed by atoms with van der Waals surface area (Å²) in [4.78, 5) is 16.5. The van der Waals surface area contributed by atoms with Crippen molar-refractivity contribution in [1.29, 1.82) is 0 Å². The molecule has 0 saturated heterocycles. The molecule has 1 saturated carbocycles. The van der Waals surface area contributed by atoms with E-state index < -0.39 is 12.0 Å². The minimum absolute atomic E-state index is 0.211. The van der Waals surface area contributed by atoms with Gasteiger partial charge in [0.15, 0.2) is 11.5 Å². The van der Waals surface area contributed by atoms with Gasteiger partial charge in [-0.15, -0.1) is 0 Å². The quantitative estimate of drug-likeness (QED) is 0.182. The molecular weight excluding hydrogens is 512 g/mol. The summed E-state index contributed by atoms with van der Waals surface area (Å²) in [7, 11) is 0. The third-order valence-corrected chi connectivity index (χ3v) is 7.63. The van der Waals surface area contributed by atoms with Crippen LogP contribution in [0.3, 0.4) is 0 Å². The molecule has 6 aromatic rings. The Morgan fingerprint density at radius 1 is 0.950 bits per heavy atom. The van der Waals surface area contributed by atoms with E-state index in [9.17, 15) is 9.50 Å². The molecule has 1 atom stereocenters. The zero-order chi connectivity index (χ0) is 27.2. The number of rotatable bonds is 6. The van der Waals surface area contributed by atoms with Crippen LogP contribution in [0.25, 0.3) is 55.8 Å². The van der Waals surface area contributed by atoms with Crippen molar-refractivity contribution in [1.82, 2.24) is 30.1 Å². The molecule has 4 N–H and O–H groups in total. The number of nitrogens with zero attached hydrogens (tertiary/aromatic N) is 4. The first-order valence-electron chi connectivity index (χ1n) is 13.2. The van der Waals surface area contributed by atoms with Gasteiger partial charge in [-0.05, 0) is 48.7 Å². The molecule has 1 fully saturated rings. The van der Waals surface area contributed by atoms with Gasteiger partial charge in [-0.25, -0.2) is 18.7 Å². The number of anilines is 1. The Morgan fingerprint density at radius 2 is 1.80 bits per heavy atom. The van der Waals surface area contributed by atoms with E-state index in [0.29, 0.717) is 56.0 Å². The number of halogens is 2. The number of pyridine rings is 2. The zero-order valence-corrected chi connectivity index (χ0v) is 21.3. The second-order valence-corrected chi connectivity index (χ2v) is 10.2. The first-order valence-corrected chi connectivity index (χ1v) is 13.2. The number of aromatic nitrogens is 6. The van der Waals surface area contributed by atoms with E-state index >= 15 is 4.39 Å². The van der Waals surface area contributed by atoms with Crippen LogP contribution in [-0.2, 0) is 0 Å². The first kappa shape index (κ1) is 24.3. The lowest BCUT2D eigenvalue weighted by molar-refractivity contribution is 0.137. The SMILES string of the molecule is OC(Nc1cncc(-c2cc(F)c3[nH]nc(-c4nc5c(-c6ccccc6F)ccnc5[nH]4)c3c2)c1)C1CCCC1. The third kappa shape index (κ3) is 4.26. The van der Waals surface area contributed by atoms with Gasteiger partial charge in [0.25, 0.3) is 0 Å². The van der Waals surface area contributed by atoms with Gasteiger partial charge in [0.05, 0.1) is 11.9 Å². The summed E-state index contributed by atoms with van der Waals surface area (Å²) in [5.41, 5.74) is 4.54. The second-order valence-electron chi connectivity index (χ2n) is 10.2. The average Bonchev–Trinajstić information content (AvgIpc) is 3.73. The topological polar surface area (TPSA) is 115 Å². The van der Waals surface area contributed by atoms with Crippen molar-refractivity contribution in [2.75, 3.05) is 5.32 Å². The van der Waals surface area contributed by atoms with Gasteiger partial charge in [0.2, 0.25) is 0 Å². The molecule has 200 valence electrons. The first-order chi connectivity index (χ1) is 19.5. The lowest BCUT2D eigenvalue weighted by Gasteiger charge is -2.20. The summed E-state index contributed by atoms with van der Waals surface area (Å²) in [6, 6.07) is 13.3. The van der Waals surface area contributed by atoms with E-state index in [1.54, 1.807) is 42.9 Å². The van der Waals surface area contributed by atoms with Crippen LogP contribution >= 0.6 is 0 Å². The molecule has 40 heavy (non-hydrogen) atoms. The van der Waals surface area contributed by atoms with Gasteiger partial charge >= 0.3 is 0 Å². The number of H-pyrrole nitrogens is 2. The van der Waals surface area contributed by atoms with Crippen molar-refractivity contribution in [3.8, 4) is 33.8 Å². The standard InChI is InChI=1S/C30H25F2N7O/c31-23-8-4-3-7-20(23)21-9-10-34-28-26(21)36-29(37-28)27-22-12-17(13-24(32)25(22)38-39-27)18-11-19(15-33-14-18)35-30(40)16-5-1-2-6-16/h3-4,7-16,30,35,40H,1-2,5-6H2,(H,38,39)(H,34,36,37). The number of hydrogen-bond donors (Lipinski definition) is 4. The molecule has 2 aromatic carbocycles.